The van der Waals surface area contributed by atoms with Crippen LogP contribution in [0.1, 0.15) is 11.1 Å². The van der Waals surface area contributed by atoms with E-state index in [9.17, 15) is 14.9 Å². The van der Waals surface area contributed by atoms with Crippen LogP contribution in [0.5, 0.6) is 0 Å². The first-order chi connectivity index (χ1) is 13.4. The van der Waals surface area contributed by atoms with Crippen LogP contribution in [0.3, 0.4) is 0 Å². The van der Waals surface area contributed by atoms with Crippen LogP contribution in [0.25, 0.3) is 0 Å². The average molecular weight is 416 g/mol. The lowest BCUT2D eigenvalue weighted by Crippen LogP contribution is -2.15. The zero-order valence-electron chi connectivity index (χ0n) is 15.1. The Balaban J connectivity index is 1.55. The highest BCUT2D eigenvalue weighted by Crippen LogP contribution is 2.29. The highest BCUT2D eigenvalue weighted by Gasteiger charge is 2.15. The van der Waals surface area contributed by atoms with E-state index in [0.717, 1.165) is 5.69 Å². The molecule has 3 aromatic rings. The van der Waals surface area contributed by atoms with E-state index in [4.69, 9.17) is 0 Å². The van der Waals surface area contributed by atoms with Crippen molar-refractivity contribution in [2.75, 3.05) is 16.4 Å². The van der Waals surface area contributed by atoms with Gasteiger partial charge in [0.1, 0.15) is 0 Å². The molecule has 8 nitrogen and oxygen atoms in total. The van der Waals surface area contributed by atoms with Crippen LogP contribution in [0.15, 0.2) is 46.8 Å². The molecule has 3 rings (SSSR count). The topological polar surface area (TPSA) is 110 Å². The molecule has 2 N–H and O–H groups in total. The summed E-state index contributed by atoms with van der Waals surface area (Å²) in [7, 11) is 0. The third-order valence-corrected chi connectivity index (χ3v) is 5.78. The molecule has 0 bridgehead atoms. The van der Waals surface area contributed by atoms with Crippen molar-refractivity contribution in [3.63, 3.8) is 0 Å². The standard InChI is InChI=1S/C18H17N5O3S2/c1-11-6-8-13(9-7-11)19-17-21-22-18(28-17)27-10-16(24)20-14-4-3-5-15(12(14)2)23(25)26/h3-9H,10H2,1-2H3,(H,19,21)(H,20,24). The molecule has 0 atom stereocenters. The number of rotatable bonds is 7. The Bertz CT molecular complexity index is 1000. The van der Waals surface area contributed by atoms with Gasteiger partial charge in [0.05, 0.1) is 21.9 Å². The van der Waals surface area contributed by atoms with E-state index < -0.39 is 4.92 Å². The van der Waals surface area contributed by atoms with E-state index in [0.29, 0.717) is 20.7 Å². The third kappa shape index (κ3) is 5.05. The van der Waals surface area contributed by atoms with Crippen molar-refractivity contribution >= 4 is 51.2 Å². The van der Waals surface area contributed by atoms with Gasteiger partial charge in [0, 0.05) is 11.8 Å². The zero-order valence-corrected chi connectivity index (χ0v) is 16.8. The van der Waals surface area contributed by atoms with E-state index >= 15 is 0 Å². The molecule has 0 spiro atoms. The first-order valence-corrected chi connectivity index (χ1v) is 10.1. The third-order valence-electron chi connectivity index (χ3n) is 3.81. The van der Waals surface area contributed by atoms with Gasteiger partial charge in [-0.15, -0.1) is 10.2 Å². The fraction of sp³-hybridized carbons (Fsp3) is 0.167. The van der Waals surface area contributed by atoms with Crippen molar-refractivity contribution < 1.29 is 9.72 Å². The molecule has 0 saturated carbocycles. The molecule has 28 heavy (non-hydrogen) atoms. The average Bonchev–Trinajstić information content (AvgIpc) is 3.11. The Morgan fingerprint density at radius 2 is 1.93 bits per heavy atom. The lowest BCUT2D eigenvalue weighted by Gasteiger charge is -2.07. The van der Waals surface area contributed by atoms with Crippen molar-refractivity contribution in [2.45, 2.75) is 18.2 Å². The maximum Gasteiger partial charge on any atom is 0.274 e. The molecule has 144 valence electrons. The molecule has 0 radical (unpaired) electrons. The highest BCUT2D eigenvalue weighted by atomic mass is 32.2. The monoisotopic (exact) mass is 415 g/mol. The van der Waals surface area contributed by atoms with Gasteiger partial charge in [0.2, 0.25) is 11.0 Å². The maximum absolute atomic E-state index is 12.2. The number of benzene rings is 2. The molecular formula is C18H17N5O3S2. The summed E-state index contributed by atoms with van der Waals surface area (Å²) in [5.41, 5.74) is 2.91. The van der Waals surface area contributed by atoms with Gasteiger partial charge in [-0.2, -0.15) is 0 Å². The predicted molar refractivity (Wildman–Crippen MR) is 112 cm³/mol. The molecule has 0 aliphatic rings. The largest absolute Gasteiger partial charge is 0.330 e. The minimum atomic E-state index is -0.469. The van der Waals surface area contributed by atoms with Crippen LogP contribution < -0.4 is 10.6 Å². The number of aryl methyl sites for hydroxylation is 1. The van der Waals surface area contributed by atoms with Crippen molar-refractivity contribution in [3.8, 4) is 0 Å². The van der Waals surface area contributed by atoms with E-state index in [1.54, 1.807) is 19.1 Å². The van der Waals surface area contributed by atoms with Gasteiger partial charge in [-0.1, -0.05) is 46.9 Å². The van der Waals surface area contributed by atoms with Crippen molar-refractivity contribution in [1.82, 2.24) is 10.2 Å². The van der Waals surface area contributed by atoms with Crippen molar-refractivity contribution in [2.24, 2.45) is 0 Å². The molecule has 10 heteroatoms. The summed E-state index contributed by atoms with van der Waals surface area (Å²) in [5.74, 6) is -0.141. The Morgan fingerprint density at radius 3 is 2.64 bits per heavy atom. The molecule has 0 fully saturated rings. The molecule has 0 saturated heterocycles. The Hall–Kier alpha value is -2.98. The number of carbonyl (C=O) groups is 1. The van der Waals surface area contributed by atoms with Gasteiger partial charge in [0.15, 0.2) is 4.34 Å². The fourth-order valence-corrected chi connectivity index (χ4v) is 3.92. The second-order valence-electron chi connectivity index (χ2n) is 5.91. The number of nitrogens with one attached hydrogen (secondary N) is 2. The minimum absolute atomic E-state index is 0.0265. The summed E-state index contributed by atoms with van der Waals surface area (Å²) in [6.45, 7) is 3.62. The summed E-state index contributed by atoms with van der Waals surface area (Å²) >= 11 is 2.61. The minimum Gasteiger partial charge on any atom is -0.330 e. The number of nitro groups is 1. The fourth-order valence-electron chi connectivity index (χ4n) is 2.35. The molecule has 1 amide bonds. The van der Waals surface area contributed by atoms with Gasteiger partial charge in [0.25, 0.3) is 5.69 Å². The van der Waals surface area contributed by atoms with E-state index in [1.807, 2.05) is 31.2 Å². The van der Waals surface area contributed by atoms with Crippen LogP contribution >= 0.6 is 23.1 Å². The van der Waals surface area contributed by atoms with Crippen LogP contribution in [0, 0.1) is 24.0 Å². The number of nitro benzene ring substituents is 1. The second kappa shape index (κ2) is 8.81. The molecule has 1 heterocycles. The first kappa shape index (κ1) is 19.8. The highest BCUT2D eigenvalue weighted by molar-refractivity contribution is 8.01. The summed E-state index contributed by atoms with van der Waals surface area (Å²) in [4.78, 5) is 22.7. The van der Waals surface area contributed by atoms with E-state index in [1.165, 1.54) is 34.7 Å². The molecular weight excluding hydrogens is 398 g/mol. The smallest absolute Gasteiger partial charge is 0.274 e. The van der Waals surface area contributed by atoms with Gasteiger partial charge in [-0.3, -0.25) is 14.9 Å². The Labute approximate surface area is 169 Å². The van der Waals surface area contributed by atoms with Gasteiger partial charge >= 0.3 is 0 Å². The normalized spacial score (nSPS) is 10.5. The number of hydrogen-bond acceptors (Lipinski definition) is 8. The van der Waals surface area contributed by atoms with Gasteiger partial charge in [-0.25, -0.2) is 0 Å². The SMILES string of the molecule is Cc1ccc(Nc2nnc(SCC(=O)Nc3cccc([N+](=O)[O-])c3C)s2)cc1. The van der Waals surface area contributed by atoms with Crippen LogP contribution in [0.2, 0.25) is 0 Å². The lowest BCUT2D eigenvalue weighted by atomic mass is 10.1. The molecule has 2 aromatic carbocycles. The number of nitrogens with zero attached hydrogens (tertiary/aromatic N) is 3. The molecule has 1 aromatic heterocycles. The van der Waals surface area contributed by atoms with Crippen LogP contribution in [0.4, 0.5) is 22.2 Å². The van der Waals surface area contributed by atoms with Crippen molar-refractivity contribution in [1.29, 1.82) is 0 Å². The van der Waals surface area contributed by atoms with Gasteiger partial charge in [-0.05, 0) is 32.0 Å². The van der Waals surface area contributed by atoms with Gasteiger partial charge < -0.3 is 10.6 Å². The number of thioether (sulfide) groups is 1. The van der Waals surface area contributed by atoms with E-state index in [2.05, 4.69) is 20.8 Å². The van der Waals surface area contributed by atoms with Crippen LogP contribution in [-0.2, 0) is 4.79 Å². The number of amides is 1. The second-order valence-corrected chi connectivity index (χ2v) is 8.11. The maximum atomic E-state index is 12.2. The number of hydrogen-bond donors (Lipinski definition) is 2. The summed E-state index contributed by atoms with van der Waals surface area (Å²) in [5, 5.41) is 25.6. The Morgan fingerprint density at radius 1 is 1.18 bits per heavy atom. The molecule has 0 aliphatic carbocycles. The summed E-state index contributed by atoms with van der Waals surface area (Å²) in [6.07, 6.45) is 0. The zero-order chi connectivity index (χ0) is 20.1. The molecule has 0 aliphatic heterocycles. The van der Waals surface area contributed by atoms with Crippen LogP contribution in [-0.4, -0.2) is 26.8 Å². The van der Waals surface area contributed by atoms with Crippen molar-refractivity contribution in [3.05, 3.63) is 63.7 Å². The number of carbonyl (C=O) groups excluding carboxylic acids is 1. The molecule has 0 unspecified atom stereocenters. The Kier molecular flexibility index (Phi) is 6.22. The number of aromatic nitrogens is 2. The lowest BCUT2D eigenvalue weighted by molar-refractivity contribution is -0.385. The predicted octanol–water partition coefficient (Wildman–Crippen LogP) is 4.54. The summed E-state index contributed by atoms with van der Waals surface area (Å²) in [6, 6.07) is 12.5. The quantitative estimate of drug-likeness (QED) is 0.331. The van der Waals surface area contributed by atoms with E-state index in [-0.39, 0.29) is 17.3 Å². The first-order valence-electron chi connectivity index (χ1n) is 8.26. The summed E-state index contributed by atoms with van der Waals surface area (Å²) < 4.78 is 0.653. The number of anilines is 3.